The first-order valence-corrected chi connectivity index (χ1v) is 10.3. The van der Waals surface area contributed by atoms with Crippen molar-refractivity contribution in [1.29, 1.82) is 0 Å². The van der Waals surface area contributed by atoms with E-state index in [2.05, 4.69) is 10.3 Å². The number of fused-ring (bicyclic) bond motifs is 1. The van der Waals surface area contributed by atoms with Gasteiger partial charge in [0.25, 0.3) is 0 Å². The van der Waals surface area contributed by atoms with Crippen molar-refractivity contribution in [3.63, 3.8) is 0 Å². The maximum Gasteiger partial charge on any atom is 0.243 e. The van der Waals surface area contributed by atoms with Crippen LogP contribution in [0.3, 0.4) is 0 Å². The summed E-state index contributed by atoms with van der Waals surface area (Å²) in [5.74, 6) is 0. The Labute approximate surface area is 154 Å². The first kappa shape index (κ1) is 18.1. The van der Waals surface area contributed by atoms with E-state index in [0.29, 0.717) is 28.5 Å². The average Bonchev–Trinajstić information content (AvgIpc) is 3.19. The molecule has 2 aromatic heterocycles. The monoisotopic (exact) mass is 400 g/mol. The molecule has 0 fully saturated rings. The van der Waals surface area contributed by atoms with Crippen LogP contribution in [0.2, 0.25) is 4.34 Å². The van der Waals surface area contributed by atoms with Crippen molar-refractivity contribution in [1.82, 2.24) is 19.5 Å². The summed E-state index contributed by atoms with van der Waals surface area (Å²) in [7, 11) is -3.56. The quantitative estimate of drug-likeness (QED) is 0.609. The van der Waals surface area contributed by atoms with E-state index < -0.39 is 10.0 Å². The largest absolute Gasteiger partial charge is 0.389 e. The maximum atomic E-state index is 12.7. The smallest absolute Gasteiger partial charge is 0.243 e. The predicted molar refractivity (Wildman–Crippen MR) is 97.2 cm³/mol. The Hall–Kier alpha value is -1.68. The molecule has 25 heavy (non-hydrogen) atoms. The molecule has 2 heterocycles. The van der Waals surface area contributed by atoms with E-state index in [1.807, 2.05) is 6.07 Å². The van der Waals surface area contributed by atoms with Crippen LogP contribution in [0, 0.1) is 0 Å². The first-order valence-electron chi connectivity index (χ1n) is 7.68. The van der Waals surface area contributed by atoms with E-state index in [-0.39, 0.29) is 11.5 Å². The van der Waals surface area contributed by atoms with Crippen molar-refractivity contribution in [3.8, 4) is 0 Å². The molecule has 0 amide bonds. The lowest BCUT2D eigenvalue weighted by atomic mass is 10.3. The first-order chi connectivity index (χ1) is 12.0. The molecule has 0 unspecified atom stereocenters. The minimum absolute atomic E-state index is 0.190. The number of hydrogen-bond acceptors (Lipinski definition) is 6. The van der Waals surface area contributed by atoms with Crippen molar-refractivity contribution in [3.05, 3.63) is 39.5 Å². The molecule has 3 rings (SSSR count). The Morgan fingerprint density at radius 2 is 2.00 bits per heavy atom. The van der Waals surface area contributed by atoms with E-state index in [9.17, 15) is 8.42 Å². The molecule has 10 heteroatoms. The number of benzene rings is 1. The van der Waals surface area contributed by atoms with Crippen molar-refractivity contribution in [2.24, 2.45) is 0 Å². The second-order valence-electron chi connectivity index (χ2n) is 5.18. The van der Waals surface area contributed by atoms with Crippen LogP contribution in [-0.4, -0.2) is 41.0 Å². The molecular weight excluding hydrogens is 384 g/mol. The van der Waals surface area contributed by atoms with Gasteiger partial charge in [-0.3, -0.25) is 0 Å². The maximum absolute atomic E-state index is 12.7. The van der Waals surface area contributed by atoms with Crippen LogP contribution in [0.4, 0.5) is 0 Å². The summed E-state index contributed by atoms with van der Waals surface area (Å²) in [6, 6.07) is 8.35. The number of nitrogens with zero attached hydrogens (tertiary/aromatic N) is 4. The number of hydrogen-bond donors (Lipinski definition) is 0. The van der Waals surface area contributed by atoms with Crippen molar-refractivity contribution in [2.45, 2.75) is 25.3 Å². The molecule has 0 saturated heterocycles. The van der Waals surface area contributed by atoms with Gasteiger partial charge in [0, 0.05) is 18.0 Å². The molecule has 7 nitrogen and oxygen atoms in total. The summed E-state index contributed by atoms with van der Waals surface area (Å²) in [6.07, 6.45) is 0. The minimum Gasteiger partial charge on any atom is -0.389 e. The van der Waals surface area contributed by atoms with E-state index in [1.54, 1.807) is 26.0 Å². The third-order valence-corrected chi connectivity index (χ3v) is 6.94. The summed E-state index contributed by atoms with van der Waals surface area (Å²) >= 11 is 7.31. The zero-order chi connectivity index (χ0) is 18.0. The van der Waals surface area contributed by atoms with E-state index in [0.717, 1.165) is 4.88 Å². The van der Waals surface area contributed by atoms with E-state index in [1.165, 1.54) is 32.6 Å². The highest BCUT2D eigenvalue weighted by molar-refractivity contribution is 7.89. The molecule has 0 spiro atoms. The van der Waals surface area contributed by atoms with Gasteiger partial charge in [-0.2, -0.15) is 4.31 Å². The van der Waals surface area contributed by atoms with E-state index >= 15 is 0 Å². The SMILES string of the molecule is CCN(CC)S(=O)(=O)c1ccc2nnn(OCc3ccc(Cl)s3)c2c1. The molecule has 0 N–H and O–H groups in total. The Kier molecular flexibility index (Phi) is 5.28. The standard InChI is InChI=1S/C15H17ClN4O3S2/c1-3-19(4-2)25(21,22)12-6-7-13-14(9-12)20(18-17-13)23-10-11-5-8-15(16)24-11/h5-9H,3-4,10H2,1-2H3. The number of halogens is 1. The number of aromatic nitrogens is 3. The minimum atomic E-state index is -3.56. The van der Waals surface area contributed by atoms with Crippen LogP contribution in [0.25, 0.3) is 11.0 Å². The highest BCUT2D eigenvalue weighted by atomic mass is 35.5. The van der Waals surface area contributed by atoms with Gasteiger partial charge in [-0.05, 0) is 35.5 Å². The fraction of sp³-hybridized carbons (Fsp3) is 0.333. The molecule has 0 radical (unpaired) electrons. The molecule has 0 atom stereocenters. The van der Waals surface area contributed by atoms with Crippen LogP contribution in [0.1, 0.15) is 18.7 Å². The topological polar surface area (TPSA) is 77.3 Å². The van der Waals surface area contributed by atoms with Gasteiger partial charge >= 0.3 is 0 Å². The molecular formula is C15H17ClN4O3S2. The van der Waals surface area contributed by atoms with Crippen molar-refractivity contribution in [2.75, 3.05) is 13.1 Å². The fourth-order valence-electron chi connectivity index (χ4n) is 2.40. The van der Waals surface area contributed by atoms with Crippen LogP contribution in [0.5, 0.6) is 0 Å². The zero-order valence-corrected chi connectivity index (χ0v) is 16.1. The molecule has 1 aromatic carbocycles. The summed E-state index contributed by atoms with van der Waals surface area (Å²) in [6.45, 7) is 4.69. The van der Waals surface area contributed by atoms with Gasteiger partial charge in [-0.15, -0.1) is 16.4 Å². The molecule has 0 aliphatic rings. The van der Waals surface area contributed by atoms with Crippen LogP contribution in [0.15, 0.2) is 35.2 Å². The summed E-state index contributed by atoms with van der Waals surface area (Å²) in [5, 5.41) is 7.93. The van der Waals surface area contributed by atoms with Crippen molar-refractivity contribution < 1.29 is 13.3 Å². The lowest BCUT2D eigenvalue weighted by molar-refractivity contribution is 0.0768. The third kappa shape index (κ3) is 3.64. The Morgan fingerprint density at radius 3 is 2.64 bits per heavy atom. The second kappa shape index (κ2) is 7.28. The molecule has 0 saturated carbocycles. The van der Waals surface area contributed by atoms with Crippen LogP contribution < -0.4 is 4.84 Å². The van der Waals surface area contributed by atoms with Gasteiger partial charge in [0.15, 0.2) is 6.61 Å². The lowest BCUT2D eigenvalue weighted by Crippen LogP contribution is -2.30. The molecule has 0 aliphatic carbocycles. The van der Waals surface area contributed by atoms with Gasteiger partial charge in [-0.1, -0.05) is 30.3 Å². The summed E-state index contributed by atoms with van der Waals surface area (Å²) in [5.41, 5.74) is 1.05. The second-order valence-corrected chi connectivity index (χ2v) is 8.92. The normalized spacial score (nSPS) is 12.2. The van der Waals surface area contributed by atoms with Gasteiger partial charge in [0.05, 0.1) is 9.23 Å². The fourth-order valence-corrected chi connectivity index (χ4v) is 4.87. The Bertz CT molecular complexity index is 980. The Balaban J connectivity index is 1.91. The van der Waals surface area contributed by atoms with Gasteiger partial charge in [0.2, 0.25) is 10.0 Å². The summed E-state index contributed by atoms with van der Waals surface area (Å²) in [4.78, 5) is 7.99. The van der Waals surface area contributed by atoms with Gasteiger partial charge < -0.3 is 4.84 Å². The molecule has 0 bridgehead atoms. The number of thiophene rings is 1. The summed E-state index contributed by atoms with van der Waals surface area (Å²) < 4.78 is 27.4. The average molecular weight is 401 g/mol. The zero-order valence-electron chi connectivity index (χ0n) is 13.7. The van der Waals surface area contributed by atoms with Gasteiger partial charge in [0.1, 0.15) is 11.0 Å². The third-order valence-electron chi connectivity index (χ3n) is 3.69. The molecule has 0 aliphatic heterocycles. The number of sulfonamides is 1. The molecule has 134 valence electrons. The highest BCUT2D eigenvalue weighted by Gasteiger charge is 2.23. The highest BCUT2D eigenvalue weighted by Crippen LogP contribution is 2.23. The Morgan fingerprint density at radius 1 is 1.24 bits per heavy atom. The van der Waals surface area contributed by atoms with Crippen LogP contribution in [-0.2, 0) is 16.6 Å². The van der Waals surface area contributed by atoms with E-state index in [4.69, 9.17) is 16.4 Å². The lowest BCUT2D eigenvalue weighted by Gasteiger charge is -2.18. The molecule has 3 aromatic rings. The number of rotatable bonds is 7. The van der Waals surface area contributed by atoms with Crippen LogP contribution >= 0.6 is 22.9 Å². The van der Waals surface area contributed by atoms with Crippen molar-refractivity contribution >= 4 is 44.0 Å². The predicted octanol–water partition coefficient (Wildman–Crippen LogP) is 2.81. The van der Waals surface area contributed by atoms with Gasteiger partial charge in [-0.25, -0.2) is 8.42 Å².